The molecule has 4 heteroatoms. The summed E-state index contributed by atoms with van der Waals surface area (Å²) in [6.45, 7) is 0. The number of nitrogens with one attached hydrogen (secondary N) is 1. The van der Waals surface area contributed by atoms with Gasteiger partial charge >= 0.3 is 0 Å². The van der Waals surface area contributed by atoms with Crippen LogP contribution in [0.15, 0.2) is 0 Å². The van der Waals surface area contributed by atoms with Gasteiger partial charge < -0.3 is 16.8 Å². The van der Waals surface area contributed by atoms with Gasteiger partial charge in [0.05, 0.1) is 0 Å². The van der Waals surface area contributed by atoms with Crippen LogP contribution in [-0.2, 0) is 4.79 Å². The van der Waals surface area contributed by atoms with Crippen LogP contribution in [0.1, 0.15) is 32.1 Å². The van der Waals surface area contributed by atoms with Gasteiger partial charge in [-0.05, 0) is 32.1 Å². The van der Waals surface area contributed by atoms with E-state index in [4.69, 9.17) is 11.5 Å². The number of amides is 1. The summed E-state index contributed by atoms with van der Waals surface area (Å²) in [7, 11) is 0. The van der Waals surface area contributed by atoms with Crippen LogP contribution in [0.3, 0.4) is 0 Å². The third-order valence-electron chi connectivity index (χ3n) is 3.31. The van der Waals surface area contributed by atoms with Gasteiger partial charge in [0.15, 0.2) is 0 Å². The van der Waals surface area contributed by atoms with Gasteiger partial charge in [-0.15, -0.1) is 0 Å². The zero-order chi connectivity index (χ0) is 10.1. The second-order valence-corrected chi connectivity index (χ2v) is 4.63. The number of hydrogen-bond donors (Lipinski definition) is 3. The Hall–Kier alpha value is -0.610. The number of rotatable bonds is 2. The highest BCUT2D eigenvalue weighted by Crippen LogP contribution is 2.25. The SMILES string of the molecule is NC1CCC(C(=O)NC2CC2N)CC1. The molecule has 0 radical (unpaired) electrons. The molecule has 0 spiro atoms. The van der Waals surface area contributed by atoms with Gasteiger partial charge in [0, 0.05) is 24.0 Å². The third kappa shape index (κ3) is 2.25. The highest BCUT2D eigenvalue weighted by atomic mass is 16.2. The number of nitrogens with two attached hydrogens (primary N) is 2. The fraction of sp³-hybridized carbons (Fsp3) is 0.900. The van der Waals surface area contributed by atoms with Crippen LogP contribution in [0.2, 0.25) is 0 Å². The Labute approximate surface area is 84.4 Å². The molecule has 2 aliphatic carbocycles. The van der Waals surface area contributed by atoms with Crippen molar-refractivity contribution < 1.29 is 4.79 Å². The molecule has 0 aromatic carbocycles. The highest BCUT2D eigenvalue weighted by Gasteiger charge is 2.36. The Balaban J connectivity index is 1.74. The third-order valence-corrected chi connectivity index (χ3v) is 3.31. The van der Waals surface area contributed by atoms with Crippen molar-refractivity contribution in [2.45, 2.75) is 50.2 Å². The van der Waals surface area contributed by atoms with Gasteiger partial charge in [0.1, 0.15) is 0 Å². The second kappa shape index (κ2) is 3.87. The normalized spacial score (nSPS) is 41.9. The lowest BCUT2D eigenvalue weighted by Crippen LogP contribution is -2.38. The predicted octanol–water partition coefficient (Wildman–Crippen LogP) is -0.280. The van der Waals surface area contributed by atoms with Crippen LogP contribution in [-0.4, -0.2) is 24.0 Å². The van der Waals surface area contributed by atoms with Crippen molar-refractivity contribution in [3.8, 4) is 0 Å². The summed E-state index contributed by atoms with van der Waals surface area (Å²) >= 11 is 0. The summed E-state index contributed by atoms with van der Waals surface area (Å²) in [6, 6.07) is 0.755. The minimum absolute atomic E-state index is 0.183. The summed E-state index contributed by atoms with van der Waals surface area (Å²) in [4.78, 5) is 11.7. The molecule has 80 valence electrons. The summed E-state index contributed by atoms with van der Waals surface area (Å²) < 4.78 is 0. The van der Waals surface area contributed by atoms with Gasteiger partial charge in [0.2, 0.25) is 5.91 Å². The quantitative estimate of drug-likeness (QED) is 0.569. The molecule has 0 aromatic heterocycles. The summed E-state index contributed by atoms with van der Waals surface area (Å²) in [6.07, 6.45) is 4.78. The van der Waals surface area contributed by atoms with Crippen molar-refractivity contribution in [1.29, 1.82) is 0 Å². The molecular formula is C10H19N3O. The van der Waals surface area contributed by atoms with E-state index in [0.29, 0.717) is 6.04 Å². The molecule has 0 saturated heterocycles. The monoisotopic (exact) mass is 197 g/mol. The van der Waals surface area contributed by atoms with Crippen molar-refractivity contribution >= 4 is 5.91 Å². The number of carbonyl (C=O) groups excluding carboxylic acids is 1. The molecule has 5 N–H and O–H groups in total. The summed E-state index contributed by atoms with van der Waals surface area (Å²) in [5, 5.41) is 2.98. The second-order valence-electron chi connectivity index (χ2n) is 4.63. The molecule has 0 bridgehead atoms. The van der Waals surface area contributed by atoms with Crippen molar-refractivity contribution in [2.24, 2.45) is 17.4 Å². The van der Waals surface area contributed by atoms with Crippen molar-refractivity contribution in [1.82, 2.24) is 5.32 Å². The molecular weight excluding hydrogens is 178 g/mol. The van der Waals surface area contributed by atoms with Gasteiger partial charge in [-0.2, -0.15) is 0 Å². The largest absolute Gasteiger partial charge is 0.352 e. The molecule has 1 amide bonds. The summed E-state index contributed by atoms with van der Waals surface area (Å²) in [5.41, 5.74) is 11.4. The molecule has 2 aliphatic rings. The van der Waals surface area contributed by atoms with Crippen LogP contribution in [0, 0.1) is 5.92 Å². The lowest BCUT2D eigenvalue weighted by molar-refractivity contribution is -0.126. The minimum Gasteiger partial charge on any atom is -0.352 e. The van der Waals surface area contributed by atoms with Crippen LogP contribution in [0.5, 0.6) is 0 Å². The Morgan fingerprint density at radius 2 is 1.71 bits per heavy atom. The zero-order valence-electron chi connectivity index (χ0n) is 8.41. The minimum atomic E-state index is 0.183. The zero-order valence-corrected chi connectivity index (χ0v) is 8.41. The van der Waals surface area contributed by atoms with Crippen LogP contribution < -0.4 is 16.8 Å². The standard InChI is InChI=1S/C10H19N3O/c11-7-3-1-6(2-4-7)10(14)13-9-5-8(9)12/h6-9H,1-5,11-12H2,(H,13,14). The Bertz CT molecular complexity index is 223. The van der Waals surface area contributed by atoms with Crippen molar-refractivity contribution in [3.63, 3.8) is 0 Å². The molecule has 2 fully saturated rings. The first-order valence-corrected chi connectivity index (χ1v) is 5.48. The van der Waals surface area contributed by atoms with Gasteiger partial charge in [0.25, 0.3) is 0 Å². The number of carbonyl (C=O) groups is 1. The lowest BCUT2D eigenvalue weighted by atomic mass is 9.86. The molecule has 2 saturated carbocycles. The maximum Gasteiger partial charge on any atom is 0.223 e. The predicted molar refractivity (Wildman–Crippen MR) is 54.5 cm³/mol. The molecule has 0 aromatic rings. The van der Waals surface area contributed by atoms with E-state index in [1.54, 1.807) is 0 Å². The van der Waals surface area contributed by atoms with Gasteiger partial charge in [-0.3, -0.25) is 4.79 Å². The highest BCUT2D eigenvalue weighted by molar-refractivity contribution is 5.79. The molecule has 14 heavy (non-hydrogen) atoms. The van der Waals surface area contributed by atoms with E-state index in [0.717, 1.165) is 32.1 Å². The van der Waals surface area contributed by atoms with E-state index in [1.165, 1.54) is 0 Å². The maximum absolute atomic E-state index is 11.7. The van der Waals surface area contributed by atoms with E-state index >= 15 is 0 Å². The maximum atomic E-state index is 11.7. The smallest absolute Gasteiger partial charge is 0.223 e. The van der Waals surface area contributed by atoms with Gasteiger partial charge in [-0.1, -0.05) is 0 Å². The first kappa shape index (κ1) is 9.93. The van der Waals surface area contributed by atoms with E-state index in [-0.39, 0.29) is 23.9 Å². The molecule has 0 aliphatic heterocycles. The topological polar surface area (TPSA) is 81.1 Å². The van der Waals surface area contributed by atoms with E-state index in [1.807, 2.05) is 0 Å². The Kier molecular flexibility index (Phi) is 2.74. The number of hydrogen-bond acceptors (Lipinski definition) is 3. The summed E-state index contributed by atoms with van der Waals surface area (Å²) in [5.74, 6) is 0.373. The van der Waals surface area contributed by atoms with Crippen LogP contribution in [0.4, 0.5) is 0 Å². The molecule has 2 atom stereocenters. The molecule has 2 rings (SSSR count). The van der Waals surface area contributed by atoms with E-state index < -0.39 is 0 Å². The van der Waals surface area contributed by atoms with Crippen molar-refractivity contribution in [3.05, 3.63) is 0 Å². The Morgan fingerprint density at radius 3 is 2.21 bits per heavy atom. The van der Waals surface area contributed by atoms with Crippen LogP contribution >= 0.6 is 0 Å². The first-order chi connectivity index (χ1) is 6.66. The molecule has 4 nitrogen and oxygen atoms in total. The van der Waals surface area contributed by atoms with Gasteiger partial charge in [-0.25, -0.2) is 0 Å². The fourth-order valence-corrected chi connectivity index (χ4v) is 2.06. The average molecular weight is 197 g/mol. The van der Waals surface area contributed by atoms with E-state index in [9.17, 15) is 4.79 Å². The molecule has 0 heterocycles. The van der Waals surface area contributed by atoms with Crippen molar-refractivity contribution in [2.75, 3.05) is 0 Å². The van der Waals surface area contributed by atoms with E-state index in [2.05, 4.69) is 5.32 Å². The fourth-order valence-electron chi connectivity index (χ4n) is 2.06. The average Bonchev–Trinajstić information content (AvgIpc) is 2.82. The molecule has 2 unspecified atom stereocenters. The Morgan fingerprint density at radius 1 is 1.14 bits per heavy atom. The first-order valence-electron chi connectivity index (χ1n) is 5.48. The van der Waals surface area contributed by atoms with Crippen LogP contribution in [0.25, 0.3) is 0 Å². The lowest BCUT2D eigenvalue weighted by Gasteiger charge is -2.25.